The smallest absolute Gasteiger partial charge is 0.251 e. The highest BCUT2D eigenvalue weighted by Crippen LogP contribution is 2.22. The summed E-state index contributed by atoms with van der Waals surface area (Å²) in [5, 5.41) is 0. The number of nitrogens with zero attached hydrogens (tertiary/aromatic N) is 1. The van der Waals surface area contributed by atoms with Crippen molar-refractivity contribution < 1.29 is 0 Å². The second-order valence-electron chi connectivity index (χ2n) is 4.09. The van der Waals surface area contributed by atoms with Crippen LogP contribution in [-0.4, -0.2) is 16.5 Å². The Morgan fingerprint density at radius 3 is 2.83 bits per heavy atom. The van der Waals surface area contributed by atoms with Crippen LogP contribution in [0.2, 0.25) is 0 Å². The second kappa shape index (κ2) is 5.46. The molecule has 2 aromatic rings. The number of halogens is 1. The maximum Gasteiger partial charge on any atom is 0.251 e. The van der Waals surface area contributed by atoms with Gasteiger partial charge in [-0.15, -0.1) is 0 Å². The van der Waals surface area contributed by atoms with Gasteiger partial charge in [0, 0.05) is 28.2 Å². The van der Waals surface area contributed by atoms with Gasteiger partial charge in [0.25, 0.3) is 5.56 Å². The fourth-order valence-electron chi connectivity index (χ4n) is 1.66. The molecule has 0 aliphatic rings. The van der Waals surface area contributed by atoms with Crippen LogP contribution in [0.5, 0.6) is 0 Å². The number of aromatic nitrogens is 2. The quantitative estimate of drug-likeness (QED) is 0.911. The molecule has 0 aliphatic carbocycles. The number of nitrogens with two attached hydrogens (primary N) is 1. The fourth-order valence-corrected chi connectivity index (χ4v) is 2.04. The molecule has 0 saturated carbocycles. The van der Waals surface area contributed by atoms with Crippen molar-refractivity contribution in [2.24, 2.45) is 5.73 Å². The van der Waals surface area contributed by atoms with Crippen molar-refractivity contribution in [1.29, 1.82) is 0 Å². The van der Waals surface area contributed by atoms with E-state index in [2.05, 4.69) is 25.9 Å². The number of aromatic amines is 1. The first-order valence-electron chi connectivity index (χ1n) is 5.67. The monoisotopic (exact) mass is 307 g/mol. The Kier molecular flexibility index (Phi) is 3.93. The van der Waals surface area contributed by atoms with Gasteiger partial charge in [-0.2, -0.15) is 0 Å². The van der Waals surface area contributed by atoms with Crippen LogP contribution in [0, 0.1) is 6.92 Å². The van der Waals surface area contributed by atoms with Crippen molar-refractivity contribution in [2.75, 3.05) is 6.54 Å². The predicted molar refractivity (Wildman–Crippen MR) is 75.5 cm³/mol. The molecule has 3 N–H and O–H groups in total. The number of H-pyrrole nitrogens is 1. The van der Waals surface area contributed by atoms with Crippen LogP contribution in [0.4, 0.5) is 0 Å². The zero-order valence-electron chi connectivity index (χ0n) is 10.0. The molecule has 0 spiro atoms. The topological polar surface area (TPSA) is 71.8 Å². The largest absolute Gasteiger partial charge is 0.330 e. The number of nitrogens with one attached hydrogen (secondary N) is 1. The Balaban J connectivity index is 2.49. The molecule has 0 amide bonds. The number of hydrogen-bond donors (Lipinski definition) is 2. The minimum atomic E-state index is -0.153. The lowest BCUT2D eigenvalue weighted by atomic mass is 10.1. The van der Waals surface area contributed by atoms with E-state index in [9.17, 15) is 4.79 Å². The maximum atomic E-state index is 11.6. The van der Waals surface area contributed by atoms with E-state index in [4.69, 9.17) is 5.73 Å². The van der Waals surface area contributed by atoms with Crippen molar-refractivity contribution >= 4 is 15.9 Å². The van der Waals surface area contributed by atoms with Gasteiger partial charge in [0.15, 0.2) is 0 Å². The van der Waals surface area contributed by atoms with Gasteiger partial charge >= 0.3 is 0 Å². The molecule has 0 unspecified atom stereocenters. The van der Waals surface area contributed by atoms with Crippen LogP contribution < -0.4 is 11.3 Å². The van der Waals surface area contributed by atoms with E-state index in [0.29, 0.717) is 24.5 Å². The van der Waals surface area contributed by atoms with Crippen molar-refractivity contribution in [3.63, 3.8) is 0 Å². The number of benzene rings is 1. The summed E-state index contributed by atoms with van der Waals surface area (Å²) in [6.07, 6.45) is 0.601. The molecule has 0 aliphatic heterocycles. The fraction of sp³-hybridized carbons (Fsp3) is 0.231. The second-order valence-corrected chi connectivity index (χ2v) is 4.94. The van der Waals surface area contributed by atoms with Gasteiger partial charge in [-0.1, -0.05) is 28.1 Å². The molecule has 0 saturated heterocycles. The van der Waals surface area contributed by atoms with Crippen LogP contribution in [0.25, 0.3) is 11.4 Å². The third-order valence-corrected chi connectivity index (χ3v) is 3.49. The first-order valence-corrected chi connectivity index (χ1v) is 6.46. The molecule has 0 bridgehead atoms. The highest BCUT2D eigenvalue weighted by molar-refractivity contribution is 9.10. The van der Waals surface area contributed by atoms with Crippen molar-refractivity contribution in [2.45, 2.75) is 13.3 Å². The zero-order valence-corrected chi connectivity index (χ0v) is 11.6. The molecule has 2 rings (SSSR count). The molecule has 18 heavy (non-hydrogen) atoms. The molecule has 1 aromatic heterocycles. The SMILES string of the molecule is Cc1ccc(-c2nc(CCN)cc(=O)[nH]2)cc1Br. The normalized spacial score (nSPS) is 10.6. The number of hydrogen-bond acceptors (Lipinski definition) is 3. The molecule has 94 valence electrons. The summed E-state index contributed by atoms with van der Waals surface area (Å²) < 4.78 is 0.992. The van der Waals surface area contributed by atoms with E-state index >= 15 is 0 Å². The van der Waals surface area contributed by atoms with E-state index in [-0.39, 0.29) is 5.56 Å². The summed E-state index contributed by atoms with van der Waals surface area (Å²) in [4.78, 5) is 18.7. The van der Waals surface area contributed by atoms with Gasteiger partial charge in [-0.25, -0.2) is 4.98 Å². The Morgan fingerprint density at radius 2 is 2.17 bits per heavy atom. The van der Waals surface area contributed by atoms with E-state index in [1.807, 2.05) is 25.1 Å². The van der Waals surface area contributed by atoms with Crippen molar-refractivity contribution in [3.8, 4) is 11.4 Å². The first kappa shape index (κ1) is 13.0. The van der Waals surface area contributed by atoms with E-state index in [1.165, 1.54) is 6.07 Å². The van der Waals surface area contributed by atoms with E-state index in [0.717, 1.165) is 15.6 Å². The lowest BCUT2D eigenvalue weighted by Gasteiger charge is -2.05. The Labute approximate surface area is 113 Å². The summed E-state index contributed by atoms with van der Waals surface area (Å²) in [7, 11) is 0. The summed E-state index contributed by atoms with van der Waals surface area (Å²) in [6, 6.07) is 7.35. The molecule has 5 heteroatoms. The van der Waals surface area contributed by atoms with Crippen LogP contribution in [0.1, 0.15) is 11.3 Å². The summed E-state index contributed by atoms with van der Waals surface area (Å²) >= 11 is 3.47. The van der Waals surface area contributed by atoms with Crippen LogP contribution in [0.3, 0.4) is 0 Å². The highest BCUT2D eigenvalue weighted by Gasteiger charge is 2.05. The number of aryl methyl sites for hydroxylation is 1. The Bertz CT molecular complexity index is 622. The summed E-state index contributed by atoms with van der Waals surface area (Å²) in [6.45, 7) is 2.49. The molecular weight excluding hydrogens is 294 g/mol. The Morgan fingerprint density at radius 1 is 1.39 bits per heavy atom. The molecular formula is C13H14BrN3O. The zero-order chi connectivity index (χ0) is 13.1. The average Bonchev–Trinajstić information content (AvgIpc) is 2.32. The highest BCUT2D eigenvalue weighted by atomic mass is 79.9. The molecule has 0 radical (unpaired) electrons. The van der Waals surface area contributed by atoms with E-state index in [1.54, 1.807) is 0 Å². The van der Waals surface area contributed by atoms with Gasteiger partial charge in [-0.05, 0) is 25.1 Å². The van der Waals surface area contributed by atoms with Crippen LogP contribution in [0.15, 0.2) is 33.5 Å². The molecule has 0 fully saturated rings. The molecule has 1 aromatic carbocycles. The average molecular weight is 308 g/mol. The van der Waals surface area contributed by atoms with Gasteiger partial charge in [0.2, 0.25) is 0 Å². The van der Waals surface area contributed by atoms with Crippen molar-refractivity contribution in [1.82, 2.24) is 9.97 Å². The summed E-state index contributed by atoms with van der Waals surface area (Å²) in [5.41, 5.74) is 8.06. The van der Waals surface area contributed by atoms with Crippen LogP contribution >= 0.6 is 15.9 Å². The van der Waals surface area contributed by atoms with Crippen molar-refractivity contribution in [3.05, 3.63) is 50.3 Å². The van der Waals surface area contributed by atoms with Gasteiger partial charge < -0.3 is 10.7 Å². The van der Waals surface area contributed by atoms with Gasteiger partial charge in [-0.3, -0.25) is 4.79 Å². The maximum absolute atomic E-state index is 11.6. The minimum absolute atomic E-state index is 0.153. The van der Waals surface area contributed by atoms with Gasteiger partial charge in [0.05, 0.1) is 0 Å². The first-order chi connectivity index (χ1) is 8.60. The third-order valence-electron chi connectivity index (χ3n) is 2.64. The molecule has 1 heterocycles. The predicted octanol–water partition coefficient (Wildman–Crippen LogP) is 2.01. The third kappa shape index (κ3) is 2.86. The Hall–Kier alpha value is -1.46. The summed E-state index contributed by atoms with van der Waals surface area (Å²) in [5.74, 6) is 0.576. The lowest BCUT2D eigenvalue weighted by Crippen LogP contribution is -2.13. The standard InChI is InChI=1S/C13H14BrN3O/c1-8-2-3-9(6-11(8)14)13-16-10(4-5-15)7-12(18)17-13/h2-3,6-7H,4-5,15H2,1H3,(H,16,17,18). The van der Waals surface area contributed by atoms with Gasteiger partial charge in [0.1, 0.15) is 5.82 Å². The molecule has 0 atom stereocenters. The van der Waals surface area contributed by atoms with Crippen LogP contribution in [-0.2, 0) is 6.42 Å². The minimum Gasteiger partial charge on any atom is -0.330 e. The number of rotatable bonds is 3. The molecule has 4 nitrogen and oxygen atoms in total. The lowest BCUT2D eigenvalue weighted by molar-refractivity contribution is 0.905. The van der Waals surface area contributed by atoms with E-state index < -0.39 is 0 Å².